The highest BCUT2D eigenvalue weighted by atomic mass is 15.2. The van der Waals surface area contributed by atoms with Gasteiger partial charge in [-0.25, -0.2) is 0 Å². The molecular weight excluding hydrogens is 801 g/mol. The molecule has 4 nitrogen and oxygen atoms in total. The topological polar surface area (TPSA) is 16.3 Å². The Morgan fingerprint density at radius 1 is 0.455 bits per heavy atom. The Balaban J connectivity index is 0.954. The first kappa shape index (κ1) is 39.5. The van der Waals surface area contributed by atoms with E-state index in [1.807, 2.05) is 0 Å². The third kappa shape index (κ3) is 6.68. The smallest absolute Gasteiger partial charge is 0.0641 e. The van der Waals surface area contributed by atoms with E-state index in [2.05, 4.69) is 269 Å². The van der Waals surface area contributed by atoms with Crippen molar-refractivity contribution in [2.45, 2.75) is 32.2 Å². The standard InChI is InChI=1S/C62H50N4/c1-43-17-12-14-27-57(43)64(51-31-29-46(30-32-51)45-19-6-3-7-20-45)52-37-33-49(34-38-52)63(47-21-8-4-9-22-47)50-35-39-53(40-36-50)66-59-42-41-55-54-25-13-15-28-58(54)65(48-23-10-5-11-24-48)62(55)60(59)56-26-16-18-44(2)61(56)66/h3-17,19-44,57H,18H2,1-2H3. The van der Waals surface area contributed by atoms with Gasteiger partial charge in [0.15, 0.2) is 0 Å². The van der Waals surface area contributed by atoms with Crippen molar-refractivity contribution in [1.82, 2.24) is 9.13 Å². The van der Waals surface area contributed by atoms with Gasteiger partial charge in [-0.1, -0.05) is 153 Å². The fourth-order valence-electron chi connectivity index (χ4n) is 10.7. The summed E-state index contributed by atoms with van der Waals surface area (Å²) in [4.78, 5) is 4.85. The molecule has 0 fully saturated rings. The van der Waals surface area contributed by atoms with Crippen LogP contribution in [-0.2, 0) is 0 Å². The summed E-state index contributed by atoms with van der Waals surface area (Å²) in [6.45, 7) is 4.68. The average Bonchev–Trinajstić information content (AvgIpc) is 3.90. The average molecular weight is 851 g/mol. The molecule has 2 heterocycles. The van der Waals surface area contributed by atoms with Gasteiger partial charge in [-0.15, -0.1) is 0 Å². The molecule has 0 radical (unpaired) electrons. The Bertz CT molecular complexity index is 3450. The van der Waals surface area contributed by atoms with Crippen molar-refractivity contribution in [2.24, 2.45) is 5.92 Å². The number of hydrogen-bond acceptors (Lipinski definition) is 2. The number of allylic oxidation sites excluding steroid dienone is 3. The van der Waals surface area contributed by atoms with E-state index in [-0.39, 0.29) is 6.04 Å². The van der Waals surface area contributed by atoms with Crippen LogP contribution in [0.25, 0.3) is 61.3 Å². The molecule has 0 bridgehead atoms. The van der Waals surface area contributed by atoms with Crippen molar-refractivity contribution in [2.75, 3.05) is 9.80 Å². The zero-order chi connectivity index (χ0) is 44.1. The van der Waals surface area contributed by atoms with Crippen molar-refractivity contribution in [3.8, 4) is 22.5 Å². The van der Waals surface area contributed by atoms with Crippen LogP contribution in [-0.4, -0.2) is 15.2 Å². The molecule has 0 saturated heterocycles. The Morgan fingerprint density at radius 2 is 1.02 bits per heavy atom. The lowest BCUT2D eigenvalue weighted by Crippen LogP contribution is -2.35. The number of anilines is 5. The third-order valence-corrected chi connectivity index (χ3v) is 13.8. The minimum Gasteiger partial charge on any atom is -0.334 e. The van der Waals surface area contributed by atoms with Crippen molar-refractivity contribution in [3.63, 3.8) is 0 Å². The normalized spacial score (nSPS) is 16.5. The van der Waals surface area contributed by atoms with Gasteiger partial charge >= 0.3 is 0 Å². The summed E-state index contributed by atoms with van der Waals surface area (Å²) in [6, 6.07) is 73.2. The molecule has 10 aromatic rings. The molecule has 0 aliphatic heterocycles. The molecule has 3 atom stereocenters. The zero-order valence-corrected chi connectivity index (χ0v) is 37.2. The number of fused-ring (bicyclic) bond motifs is 7. The van der Waals surface area contributed by atoms with Crippen LogP contribution in [0.2, 0.25) is 0 Å². The summed E-state index contributed by atoms with van der Waals surface area (Å²) in [7, 11) is 0. The van der Waals surface area contributed by atoms with E-state index in [0.717, 1.165) is 34.9 Å². The maximum atomic E-state index is 2.54. The zero-order valence-electron chi connectivity index (χ0n) is 37.2. The molecule has 0 saturated carbocycles. The van der Waals surface area contributed by atoms with Crippen LogP contribution in [0.1, 0.15) is 37.4 Å². The molecule has 0 N–H and O–H groups in total. The van der Waals surface area contributed by atoms with E-state index in [1.165, 1.54) is 66.5 Å². The number of hydrogen-bond donors (Lipinski definition) is 0. The number of nitrogens with zero attached hydrogens (tertiary/aromatic N) is 4. The SMILES string of the molecule is CC1CC=Cc2c1n(-c1ccc(N(c3ccccc3)c3ccc(N(c4ccc(-c5ccccc5)cc4)C4C=CC=CC4C)cc3)cc1)c1ccc3c4ccccc4n(-c4ccccc4)c3c21. The number of para-hydroxylation sites is 3. The molecule has 318 valence electrons. The van der Waals surface area contributed by atoms with E-state index >= 15 is 0 Å². The largest absolute Gasteiger partial charge is 0.334 e. The van der Waals surface area contributed by atoms with Crippen molar-refractivity contribution < 1.29 is 0 Å². The molecular formula is C62H50N4. The highest BCUT2D eigenvalue weighted by molar-refractivity contribution is 6.20. The van der Waals surface area contributed by atoms with Gasteiger partial charge in [-0.05, 0) is 121 Å². The summed E-state index contributed by atoms with van der Waals surface area (Å²) >= 11 is 0. The highest BCUT2D eigenvalue weighted by Gasteiger charge is 2.28. The molecule has 8 aromatic carbocycles. The molecule has 2 aromatic heterocycles. The Kier molecular flexibility index (Phi) is 9.87. The number of rotatable bonds is 9. The second-order valence-corrected chi connectivity index (χ2v) is 17.8. The van der Waals surface area contributed by atoms with Gasteiger partial charge in [0.25, 0.3) is 0 Å². The van der Waals surface area contributed by atoms with Gasteiger partial charge < -0.3 is 18.9 Å². The van der Waals surface area contributed by atoms with Crippen LogP contribution < -0.4 is 9.80 Å². The maximum Gasteiger partial charge on any atom is 0.0641 e. The lowest BCUT2D eigenvalue weighted by atomic mass is 9.92. The quantitative estimate of drug-likeness (QED) is 0.144. The second kappa shape index (κ2) is 16.5. The van der Waals surface area contributed by atoms with Crippen LogP contribution in [0.5, 0.6) is 0 Å². The Hall–Kier alpha value is -8.08. The van der Waals surface area contributed by atoms with Gasteiger partial charge in [0.2, 0.25) is 0 Å². The monoisotopic (exact) mass is 850 g/mol. The highest BCUT2D eigenvalue weighted by Crippen LogP contribution is 2.46. The molecule has 2 aliphatic rings. The molecule has 66 heavy (non-hydrogen) atoms. The van der Waals surface area contributed by atoms with Crippen LogP contribution in [0.4, 0.5) is 28.4 Å². The molecule has 4 heteroatoms. The number of aromatic nitrogens is 2. The van der Waals surface area contributed by atoms with E-state index in [4.69, 9.17) is 0 Å². The number of benzene rings is 8. The van der Waals surface area contributed by atoms with Crippen LogP contribution in [0, 0.1) is 5.92 Å². The summed E-state index contributed by atoms with van der Waals surface area (Å²) in [6.07, 6.45) is 14.7. The van der Waals surface area contributed by atoms with Crippen molar-refractivity contribution in [3.05, 3.63) is 242 Å². The molecule has 2 aliphatic carbocycles. The lowest BCUT2D eigenvalue weighted by molar-refractivity contribution is 0.609. The first-order valence-electron chi connectivity index (χ1n) is 23.3. The summed E-state index contributed by atoms with van der Waals surface area (Å²) in [5.41, 5.74) is 16.8. The van der Waals surface area contributed by atoms with Crippen LogP contribution in [0.3, 0.4) is 0 Å². The maximum absolute atomic E-state index is 2.54. The lowest BCUT2D eigenvalue weighted by Gasteiger charge is -2.36. The molecule has 0 spiro atoms. The van der Waals surface area contributed by atoms with Gasteiger partial charge in [-0.2, -0.15) is 0 Å². The predicted molar refractivity (Wildman–Crippen MR) is 280 cm³/mol. The van der Waals surface area contributed by atoms with Crippen LogP contribution in [0.15, 0.2) is 231 Å². The second-order valence-electron chi connectivity index (χ2n) is 17.8. The fourth-order valence-corrected chi connectivity index (χ4v) is 10.7. The van der Waals surface area contributed by atoms with Gasteiger partial charge in [0.05, 0.1) is 22.6 Å². The van der Waals surface area contributed by atoms with Crippen molar-refractivity contribution in [1.29, 1.82) is 0 Å². The molecule has 3 unspecified atom stereocenters. The van der Waals surface area contributed by atoms with Gasteiger partial charge in [0.1, 0.15) is 0 Å². The minimum absolute atomic E-state index is 0.174. The summed E-state index contributed by atoms with van der Waals surface area (Å²) < 4.78 is 5.01. The molecule has 12 rings (SSSR count). The van der Waals surface area contributed by atoms with Crippen molar-refractivity contribution >= 4 is 67.2 Å². The van der Waals surface area contributed by atoms with E-state index in [1.54, 1.807) is 0 Å². The van der Waals surface area contributed by atoms with E-state index in [9.17, 15) is 0 Å². The minimum atomic E-state index is 0.174. The Morgan fingerprint density at radius 3 is 1.73 bits per heavy atom. The summed E-state index contributed by atoms with van der Waals surface area (Å²) in [5, 5.41) is 3.85. The first-order valence-corrected chi connectivity index (χ1v) is 23.3. The molecule has 0 amide bonds. The van der Waals surface area contributed by atoms with Gasteiger partial charge in [-0.3, -0.25) is 0 Å². The third-order valence-electron chi connectivity index (χ3n) is 13.8. The predicted octanol–water partition coefficient (Wildman–Crippen LogP) is 16.7. The van der Waals surface area contributed by atoms with E-state index in [0.29, 0.717) is 11.8 Å². The van der Waals surface area contributed by atoms with Crippen LogP contribution >= 0.6 is 0 Å². The fraction of sp³-hybridized carbons (Fsp3) is 0.0968. The van der Waals surface area contributed by atoms with E-state index < -0.39 is 0 Å². The van der Waals surface area contributed by atoms with Gasteiger partial charge in [0, 0.05) is 73.1 Å². The summed E-state index contributed by atoms with van der Waals surface area (Å²) in [5.74, 6) is 0.690. The first-order chi connectivity index (χ1) is 32.6. The Labute approximate surface area is 386 Å².